The van der Waals surface area contributed by atoms with E-state index in [4.69, 9.17) is 23.3 Å². The minimum Gasteiger partial charge on any atom is -0.493 e. The zero-order chi connectivity index (χ0) is 31.7. The summed E-state index contributed by atoms with van der Waals surface area (Å²) in [5.74, 6) is -0.300. The van der Waals surface area contributed by atoms with E-state index in [9.17, 15) is 9.18 Å². The summed E-state index contributed by atoms with van der Waals surface area (Å²) in [5, 5.41) is 12.2. The average Bonchev–Trinajstić information content (AvgIpc) is 2.88. The number of carbonyl (C=O) groups is 1. The quantitative estimate of drug-likeness (QED) is 0.168. The summed E-state index contributed by atoms with van der Waals surface area (Å²) < 4.78 is 42.1. The zero-order valence-electron chi connectivity index (χ0n) is 26.1. The first-order chi connectivity index (χ1) is 19.8. The predicted molar refractivity (Wildman–Crippen MR) is 170 cm³/mol. The number of aryl methyl sites for hydroxylation is 2. The van der Waals surface area contributed by atoms with Gasteiger partial charge in [-0.15, -0.1) is 0 Å². The van der Waals surface area contributed by atoms with Crippen molar-refractivity contribution < 1.29 is 32.5 Å². The van der Waals surface area contributed by atoms with Gasteiger partial charge in [-0.3, -0.25) is 4.79 Å². The molecule has 1 atom stereocenters. The summed E-state index contributed by atoms with van der Waals surface area (Å²) in [6, 6.07) is 12.7. The third-order valence-electron chi connectivity index (χ3n) is 6.21. The zero-order valence-corrected chi connectivity index (χ0v) is 26.9. The molecule has 0 aliphatic rings. The van der Waals surface area contributed by atoms with Crippen molar-refractivity contribution in [2.75, 3.05) is 26.6 Å². The predicted octanol–water partition coefficient (Wildman–Crippen LogP) is 7.74. The highest BCUT2D eigenvalue weighted by Gasteiger charge is 2.19. The van der Waals surface area contributed by atoms with Crippen LogP contribution in [0, 0.1) is 19.3 Å². The van der Waals surface area contributed by atoms with Crippen molar-refractivity contribution in [3.63, 3.8) is 0 Å². The standard InChI is InChI=1S/C32H44FNO4.CH4O2S/c1-7-10-28(16-15-27(33)13-9-14-30(35)36)34-20-25-11-8-12-26(19-25)31-23(2)17-29(18-24(31)3)38-22-32(4,5)21-37-6;1-4(2)3/h8,10-12,15,17-19,34H,7,9,13-14,16,20-22H2,1-6H3,(H,35,36);1H3,(H,2,3)/b27-15+,28-10+;. The molecule has 0 aliphatic carbocycles. The molecule has 1 unspecified atom stereocenters. The van der Waals surface area contributed by atoms with Crippen LogP contribution in [0.4, 0.5) is 4.39 Å². The summed E-state index contributed by atoms with van der Waals surface area (Å²) in [5.41, 5.74) is 6.69. The second kappa shape index (κ2) is 19.2. The summed E-state index contributed by atoms with van der Waals surface area (Å²) in [6.07, 6.45) is 6.53. The monoisotopic (exact) mass is 605 g/mol. The molecule has 0 aliphatic heterocycles. The van der Waals surface area contributed by atoms with Gasteiger partial charge in [-0.05, 0) is 85.2 Å². The van der Waals surface area contributed by atoms with Crippen molar-refractivity contribution >= 4 is 17.0 Å². The molecule has 3 N–H and O–H groups in total. The molecule has 0 bridgehead atoms. The van der Waals surface area contributed by atoms with Crippen LogP contribution in [0.5, 0.6) is 5.75 Å². The van der Waals surface area contributed by atoms with Gasteiger partial charge in [-0.1, -0.05) is 45.0 Å². The maximum atomic E-state index is 14.1. The van der Waals surface area contributed by atoms with Crippen LogP contribution in [0.2, 0.25) is 0 Å². The van der Waals surface area contributed by atoms with Crippen molar-refractivity contribution in [1.82, 2.24) is 5.32 Å². The van der Waals surface area contributed by atoms with E-state index < -0.39 is 17.0 Å². The Hall–Kier alpha value is -3.01. The molecule has 7 nitrogen and oxygen atoms in total. The van der Waals surface area contributed by atoms with Gasteiger partial charge in [0.25, 0.3) is 0 Å². The van der Waals surface area contributed by atoms with Crippen molar-refractivity contribution in [3.8, 4) is 16.9 Å². The van der Waals surface area contributed by atoms with Crippen LogP contribution in [0.3, 0.4) is 0 Å². The topological polar surface area (TPSA) is 105 Å². The van der Waals surface area contributed by atoms with Crippen LogP contribution in [0.15, 0.2) is 60.1 Å². The van der Waals surface area contributed by atoms with Gasteiger partial charge in [0, 0.05) is 43.9 Å². The molecule has 0 radical (unpaired) electrons. The minimum absolute atomic E-state index is 0.0191. The molecule has 0 spiro atoms. The Balaban J connectivity index is 0.00000206. The molecule has 0 heterocycles. The van der Waals surface area contributed by atoms with Gasteiger partial charge in [-0.2, -0.15) is 0 Å². The van der Waals surface area contributed by atoms with Gasteiger partial charge >= 0.3 is 5.97 Å². The molecule has 0 fully saturated rings. The van der Waals surface area contributed by atoms with Crippen molar-refractivity contribution in [3.05, 3.63) is 76.8 Å². The van der Waals surface area contributed by atoms with E-state index in [1.54, 1.807) is 13.2 Å². The average molecular weight is 606 g/mol. The molecule has 0 saturated heterocycles. The van der Waals surface area contributed by atoms with E-state index in [1.165, 1.54) is 11.8 Å². The van der Waals surface area contributed by atoms with Gasteiger partial charge in [0.15, 0.2) is 0 Å². The van der Waals surface area contributed by atoms with Crippen molar-refractivity contribution in [2.24, 2.45) is 5.41 Å². The lowest BCUT2D eigenvalue weighted by Gasteiger charge is -2.24. The molecule has 0 saturated carbocycles. The van der Waals surface area contributed by atoms with Gasteiger partial charge < -0.3 is 24.4 Å². The van der Waals surface area contributed by atoms with Crippen LogP contribution >= 0.6 is 0 Å². The Labute approximate surface area is 253 Å². The van der Waals surface area contributed by atoms with Crippen LogP contribution in [-0.4, -0.2) is 46.4 Å². The second-order valence-corrected chi connectivity index (χ2v) is 11.9. The number of carboxylic acids is 1. The molecule has 42 heavy (non-hydrogen) atoms. The first-order valence-corrected chi connectivity index (χ1v) is 15.6. The van der Waals surface area contributed by atoms with Crippen LogP contribution in [0.25, 0.3) is 11.1 Å². The summed E-state index contributed by atoms with van der Waals surface area (Å²) in [4.78, 5) is 10.6. The Morgan fingerprint density at radius 2 is 1.74 bits per heavy atom. The summed E-state index contributed by atoms with van der Waals surface area (Å²) >= 11 is -1.61. The molecular weight excluding hydrogens is 557 g/mol. The van der Waals surface area contributed by atoms with Crippen LogP contribution in [-0.2, 0) is 27.2 Å². The Kier molecular flexibility index (Phi) is 16.9. The lowest BCUT2D eigenvalue weighted by atomic mass is 9.94. The Morgan fingerprint density at radius 1 is 1.10 bits per heavy atom. The normalized spacial score (nSPS) is 12.8. The number of ether oxygens (including phenoxy) is 2. The number of halogens is 1. The fraction of sp³-hybridized carbons (Fsp3) is 0.485. The minimum atomic E-state index is -1.61. The van der Waals surface area contributed by atoms with E-state index in [1.807, 2.05) is 6.92 Å². The molecule has 2 aromatic rings. The number of benzene rings is 2. The Morgan fingerprint density at radius 3 is 2.31 bits per heavy atom. The highest BCUT2D eigenvalue weighted by atomic mass is 32.2. The van der Waals surface area contributed by atoms with Crippen molar-refractivity contribution in [1.29, 1.82) is 0 Å². The van der Waals surface area contributed by atoms with E-state index in [0.29, 0.717) is 32.6 Å². The molecule has 0 amide bonds. The van der Waals surface area contributed by atoms with Gasteiger partial charge in [0.05, 0.1) is 19.0 Å². The van der Waals surface area contributed by atoms with E-state index in [-0.39, 0.29) is 24.1 Å². The largest absolute Gasteiger partial charge is 0.493 e. The number of nitrogens with one attached hydrogen (secondary N) is 1. The van der Waals surface area contributed by atoms with Crippen LogP contribution < -0.4 is 10.1 Å². The molecule has 2 aromatic carbocycles. The number of carboxylic acid groups (broad SMARTS) is 1. The fourth-order valence-corrected chi connectivity index (χ4v) is 4.43. The molecule has 2 rings (SSSR count). The van der Waals surface area contributed by atoms with E-state index in [0.717, 1.165) is 40.1 Å². The SMILES string of the molecule is CC/C=C(\C/C=C(/F)CCCC(=O)O)NCc1cccc(-c2c(C)cc(OCC(C)(C)COC)cc2C)c1.CS(=O)O. The highest BCUT2D eigenvalue weighted by Crippen LogP contribution is 2.32. The maximum absolute atomic E-state index is 14.1. The first kappa shape index (κ1) is 37.0. The van der Waals surface area contributed by atoms with Crippen molar-refractivity contribution in [2.45, 2.75) is 73.3 Å². The van der Waals surface area contributed by atoms with E-state index >= 15 is 0 Å². The molecular formula is C33H48FNO6S. The van der Waals surface area contributed by atoms with Gasteiger partial charge in [-0.25, -0.2) is 8.60 Å². The number of allylic oxidation sites excluding steroid dienone is 3. The maximum Gasteiger partial charge on any atom is 0.303 e. The number of rotatable bonds is 16. The number of methoxy groups -OCH3 is 1. The number of hydrogen-bond acceptors (Lipinski definition) is 5. The van der Waals surface area contributed by atoms with Gasteiger partial charge in [0.1, 0.15) is 16.8 Å². The molecule has 0 aromatic heterocycles. The summed E-state index contributed by atoms with van der Waals surface area (Å²) in [6.45, 7) is 12.4. The fourth-order valence-electron chi connectivity index (χ4n) is 4.43. The summed E-state index contributed by atoms with van der Waals surface area (Å²) in [7, 11) is 1.71. The highest BCUT2D eigenvalue weighted by molar-refractivity contribution is 7.78. The smallest absolute Gasteiger partial charge is 0.303 e. The lowest BCUT2D eigenvalue weighted by Crippen LogP contribution is -2.26. The second-order valence-electron chi connectivity index (χ2n) is 11.0. The van der Waals surface area contributed by atoms with Crippen LogP contribution in [0.1, 0.15) is 69.6 Å². The molecule has 9 heteroatoms. The first-order valence-electron chi connectivity index (χ1n) is 14.1. The van der Waals surface area contributed by atoms with Gasteiger partial charge in [0.2, 0.25) is 0 Å². The van der Waals surface area contributed by atoms with E-state index in [2.05, 4.69) is 75.5 Å². The Bertz CT molecular complexity index is 1200. The third-order valence-corrected chi connectivity index (χ3v) is 6.21. The lowest BCUT2D eigenvalue weighted by molar-refractivity contribution is -0.137. The number of aliphatic carboxylic acids is 1. The third kappa shape index (κ3) is 15.3. The molecule has 234 valence electrons. The number of hydrogen-bond donors (Lipinski definition) is 3.